The van der Waals surface area contributed by atoms with Crippen LogP contribution in [0.2, 0.25) is 0 Å². The highest BCUT2D eigenvalue weighted by molar-refractivity contribution is 8.70. The number of anilines is 1. The lowest BCUT2D eigenvalue weighted by atomic mass is 10.3. The molecule has 0 fully saturated rings. The molecule has 2 aliphatic heterocycles. The Morgan fingerprint density at radius 1 is 1.47 bits per heavy atom. The number of thioether (sulfide) groups is 1. The number of nitrogens with one attached hydrogen (secondary N) is 1. The van der Waals surface area contributed by atoms with Gasteiger partial charge < -0.3 is 9.65 Å². The van der Waals surface area contributed by atoms with E-state index in [0.717, 1.165) is 29.5 Å². The van der Waals surface area contributed by atoms with E-state index in [0.29, 0.717) is 0 Å². The summed E-state index contributed by atoms with van der Waals surface area (Å²) in [5.74, 6) is 2.13. The third-order valence-corrected chi connectivity index (χ3v) is 9.07. The van der Waals surface area contributed by atoms with E-state index in [1.54, 1.807) is 23.1 Å². The van der Waals surface area contributed by atoms with Gasteiger partial charge in [0.2, 0.25) is 0 Å². The normalized spacial score (nSPS) is 26.1. The maximum atomic E-state index is 5.59. The molecular formula is C9H13N4PS3. The van der Waals surface area contributed by atoms with Gasteiger partial charge in [0.05, 0.1) is 0 Å². The first-order valence-corrected chi connectivity index (χ1v) is 11.2. The van der Waals surface area contributed by atoms with Crippen molar-refractivity contribution in [1.29, 1.82) is 0 Å². The van der Waals surface area contributed by atoms with E-state index in [9.17, 15) is 0 Å². The van der Waals surface area contributed by atoms with Gasteiger partial charge in [-0.3, -0.25) is 0 Å². The summed E-state index contributed by atoms with van der Waals surface area (Å²) in [7, 11) is 0. The Morgan fingerprint density at radius 2 is 2.29 bits per heavy atom. The number of hydrogen-bond donors (Lipinski definition) is 1. The Morgan fingerprint density at radius 3 is 3.00 bits per heavy atom. The molecule has 3 rings (SSSR count). The van der Waals surface area contributed by atoms with Gasteiger partial charge >= 0.3 is 0 Å². The van der Waals surface area contributed by atoms with Crippen molar-refractivity contribution < 1.29 is 0 Å². The topological polar surface area (TPSA) is 42.2 Å². The number of hydrogen-bond acceptors (Lipinski definition) is 4. The lowest BCUT2D eigenvalue weighted by Gasteiger charge is -2.23. The first-order valence-electron chi connectivity index (χ1n) is 5.35. The van der Waals surface area contributed by atoms with Crippen molar-refractivity contribution in [2.75, 3.05) is 17.6 Å². The van der Waals surface area contributed by atoms with Crippen molar-refractivity contribution in [3.8, 4) is 0 Å². The molecule has 0 aromatic carbocycles. The zero-order valence-corrected chi connectivity index (χ0v) is 13.0. The summed E-state index contributed by atoms with van der Waals surface area (Å²) in [5, 5.41) is 4.43. The highest BCUT2D eigenvalue weighted by atomic mass is 32.9. The molecule has 1 N–H and O–H groups in total. The molecule has 0 bridgehead atoms. The minimum Gasteiger partial charge on any atom is -0.324 e. The quantitative estimate of drug-likeness (QED) is 0.808. The van der Waals surface area contributed by atoms with Crippen LogP contribution in [0.1, 0.15) is 17.9 Å². The number of imidazole rings is 1. The number of nitrogens with zero attached hydrogens (tertiary/aromatic N) is 3. The fourth-order valence-electron chi connectivity index (χ4n) is 2.17. The zero-order chi connectivity index (χ0) is 12.0. The van der Waals surface area contributed by atoms with Crippen molar-refractivity contribution in [1.82, 2.24) is 9.55 Å². The van der Waals surface area contributed by atoms with E-state index < -0.39 is 5.54 Å². The summed E-state index contributed by atoms with van der Waals surface area (Å²) in [4.78, 5) is 4.68. The van der Waals surface area contributed by atoms with Crippen molar-refractivity contribution in [3.05, 3.63) is 11.5 Å². The van der Waals surface area contributed by atoms with E-state index in [4.69, 9.17) is 16.6 Å². The Balaban J connectivity index is 2.17. The van der Waals surface area contributed by atoms with Crippen molar-refractivity contribution in [2.45, 2.75) is 19.4 Å². The fourth-order valence-corrected chi connectivity index (χ4v) is 6.08. The minimum atomic E-state index is -1.90. The van der Waals surface area contributed by atoms with Crippen LogP contribution in [0.3, 0.4) is 0 Å². The van der Waals surface area contributed by atoms with Crippen LogP contribution in [0.5, 0.6) is 0 Å². The molecular weight excluding hydrogens is 291 g/mol. The Labute approximate surface area is 114 Å². The predicted octanol–water partition coefficient (Wildman–Crippen LogP) is 2.95. The van der Waals surface area contributed by atoms with E-state index in [2.05, 4.69) is 20.9 Å². The van der Waals surface area contributed by atoms with Gasteiger partial charge in [0.25, 0.3) is 0 Å². The third kappa shape index (κ3) is 1.87. The Hall–Kier alpha value is 0.0300. The highest BCUT2D eigenvalue weighted by Gasteiger charge is 2.31. The molecule has 8 heteroatoms. The van der Waals surface area contributed by atoms with Gasteiger partial charge in [-0.05, 0) is 30.7 Å². The molecule has 0 saturated carbocycles. The summed E-state index contributed by atoms with van der Waals surface area (Å²) in [6.45, 7) is 1.06. The van der Waals surface area contributed by atoms with Crippen LogP contribution in [0.25, 0.3) is 0 Å². The van der Waals surface area contributed by atoms with E-state index in [-0.39, 0.29) is 0 Å². The van der Waals surface area contributed by atoms with E-state index in [1.165, 1.54) is 12.2 Å². The van der Waals surface area contributed by atoms with Crippen LogP contribution >= 0.6 is 28.7 Å². The molecule has 1 aromatic rings. The standard InChI is InChI=1S/C9H13N4PS3/c1-16-9-7-8(11-14(15,12-9)17-2)10-6-4-3-5-13(6)7/h3-5H2,1-2H3,(H,11,12,15). The van der Waals surface area contributed by atoms with Crippen LogP contribution in [-0.4, -0.2) is 27.1 Å². The molecule has 0 saturated heterocycles. The van der Waals surface area contributed by atoms with Gasteiger partial charge in [0, 0.05) is 13.0 Å². The minimum absolute atomic E-state index is 0.955. The Kier molecular flexibility index (Phi) is 3.05. The molecule has 1 unspecified atom stereocenters. The second-order valence-electron chi connectivity index (χ2n) is 3.90. The van der Waals surface area contributed by atoms with Crippen LogP contribution in [0.4, 0.5) is 5.82 Å². The third-order valence-electron chi connectivity index (χ3n) is 2.94. The highest BCUT2D eigenvalue weighted by Crippen LogP contribution is 2.61. The summed E-state index contributed by atoms with van der Waals surface area (Å²) < 4.78 is 7.03. The molecule has 0 radical (unpaired) electrons. The summed E-state index contributed by atoms with van der Waals surface area (Å²) in [6.07, 6.45) is 6.33. The summed E-state index contributed by atoms with van der Waals surface area (Å²) in [6, 6.07) is 0. The van der Waals surface area contributed by atoms with Crippen LogP contribution in [0.15, 0.2) is 4.76 Å². The van der Waals surface area contributed by atoms with Crippen molar-refractivity contribution in [2.24, 2.45) is 4.76 Å². The van der Waals surface area contributed by atoms with E-state index in [1.807, 2.05) is 6.26 Å². The molecule has 0 aliphatic carbocycles. The zero-order valence-electron chi connectivity index (χ0n) is 9.63. The van der Waals surface area contributed by atoms with Gasteiger partial charge in [-0.1, -0.05) is 11.4 Å². The molecule has 0 amide bonds. The number of fused-ring (bicyclic) bond motifs is 3. The van der Waals surface area contributed by atoms with Crippen molar-refractivity contribution in [3.63, 3.8) is 0 Å². The smallest absolute Gasteiger partial charge is 0.197 e. The second-order valence-corrected chi connectivity index (χ2v) is 11.5. The van der Waals surface area contributed by atoms with Gasteiger partial charge in [-0.2, -0.15) is 0 Å². The molecule has 3 heterocycles. The monoisotopic (exact) mass is 304 g/mol. The number of aromatic nitrogens is 2. The first kappa shape index (κ1) is 12.1. The van der Waals surface area contributed by atoms with E-state index >= 15 is 0 Å². The van der Waals surface area contributed by atoms with Gasteiger partial charge in [-0.15, -0.1) is 11.8 Å². The maximum absolute atomic E-state index is 5.59. The average molecular weight is 304 g/mol. The van der Waals surface area contributed by atoms with Crippen LogP contribution < -0.4 is 5.09 Å². The molecule has 0 spiro atoms. The maximum Gasteiger partial charge on any atom is 0.197 e. The largest absolute Gasteiger partial charge is 0.324 e. The van der Waals surface area contributed by atoms with Crippen molar-refractivity contribution >= 4 is 51.4 Å². The molecule has 1 aromatic heterocycles. The number of rotatable bonds is 1. The molecule has 4 nitrogen and oxygen atoms in total. The summed E-state index contributed by atoms with van der Waals surface area (Å²) >= 11 is 8.90. The van der Waals surface area contributed by atoms with Gasteiger partial charge in [0.1, 0.15) is 16.6 Å². The first-order chi connectivity index (χ1) is 8.17. The van der Waals surface area contributed by atoms with Gasteiger partial charge in [0.15, 0.2) is 11.4 Å². The average Bonchev–Trinajstić information content (AvgIpc) is 2.87. The molecule has 92 valence electrons. The Bertz CT molecular complexity index is 551. The molecule has 17 heavy (non-hydrogen) atoms. The van der Waals surface area contributed by atoms with Crippen LogP contribution in [0, 0.1) is 0 Å². The predicted molar refractivity (Wildman–Crippen MR) is 82.0 cm³/mol. The fraction of sp³-hybridized carbons (Fsp3) is 0.556. The lowest BCUT2D eigenvalue weighted by molar-refractivity contribution is 0.745. The van der Waals surface area contributed by atoms with Gasteiger partial charge in [-0.25, -0.2) is 9.75 Å². The summed E-state index contributed by atoms with van der Waals surface area (Å²) in [5.41, 5.74) is -0.749. The van der Waals surface area contributed by atoms with Crippen LogP contribution in [-0.2, 0) is 24.8 Å². The molecule has 2 aliphatic rings. The number of aryl methyl sites for hydroxylation is 1. The second kappa shape index (κ2) is 4.30. The lowest BCUT2D eigenvalue weighted by Crippen LogP contribution is -2.12. The molecule has 1 atom stereocenters. The SMILES string of the molecule is CSC1=NP(=S)(SC)Nc2nc3n(c21)CCC3.